The summed E-state index contributed by atoms with van der Waals surface area (Å²) in [6.45, 7) is 6.83. The number of aryl methyl sites for hydroxylation is 1. The third-order valence-electron chi connectivity index (χ3n) is 5.84. The van der Waals surface area contributed by atoms with E-state index in [1.807, 2.05) is 12.3 Å². The van der Waals surface area contributed by atoms with Gasteiger partial charge in [0, 0.05) is 41.5 Å². The number of nitrogens with one attached hydrogen (secondary N) is 1. The molecular weight excluding hydrogens is 481 g/mol. The molecule has 0 bridgehead atoms. The maximum absolute atomic E-state index is 13.8. The van der Waals surface area contributed by atoms with E-state index in [-0.39, 0.29) is 18.2 Å². The lowest BCUT2D eigenvalue weighted by Crippen LogP contribution is -2.43. The van der Waals surface area contributed by atoms with Gasteiger partial charge in [-0.25, -0.2) is 9.18 Å². The van der Waals surface area contributed by atoms with Gasteiger partial charge in [-0.2, -0.15) is 0 Å². The molecule has 182 valence electrons. The first kappa shape index (κ1) is 24.8. The summed E-state index contributed by atoms with van der Waals surface area (Å²) in [5, 5.41) is 15.4. The molecule has 0 amide bonds. The van der Waals surface area contributed by atoms with E-state index >= 15 is 0 Å². The number of nitrogens with zero attached hydrogens (tertiary/aromatic N) is 2. The van der Waals surface area contributed by atoms with E-state index in [2.05, 4.69) is 10.2 Å². The second-order valence-electron chi connectivity index (χ2n) is 8.06. The van der Waals surface area contributed by atoms with Gasteiger partial charge in [0.25, 0.3) is 0 Å². The number of aliphatic hydroxyl groups excluding tert-OH is 1. The Morgan fingerprint density at radius 2 is 2.18 bits per heavy atom. The fraction of sp³-hybridized carbons (Fsp3) is 0.417. The number of esters is 1. The second kappa shape index (κ2) is 11.0. The number of aliphatic hydroxyl groups is 1. The van der Waals surface area contributed by atoms with E-state index in [0.29, 0.717) is 42.4 Å². The summed E-state index contributed by atoms with van der Waals surface area (Å²) in [6, 6.07) is 3.27. The third kappa shape index (κ3) is 5.18. The predicted molar refractivity (Wildman–Crippen MR) is 130 cm³/mol. The number of halogens is 2. The number of ether oxygens (including phenoxy) is 2. The molecule has 0 radical (unpaired) electrons. The fourth-order valence-electron chi connectivity index (χ4n) is 4.08. The minimum absolute atomic E-state index is 0.138. The Labute approximate surface area is 206 Å². The monoisotopic (exact) mass is 507 g/mol. The zero-order valence-corrected chi connectivity index (χ0v) is 20.6. The molecule has 1 aromatic carbocycles. The minimum Gasteiger partial charge on any atom is -0.463 e. The van der Waals surface area contributed by atoms with E-state index in [1.165, 1.54) is 23.5 Å². The molecule has 2 aliphatic heterocycles. The Hall–Kier alpha value is -2.30. The highest BCUT2D eigenvalue weighted by molar-refractivity contribution is 7.12. The molecule has 1 aromatic heterocycles. The summed E-state index contributed by atoms with van der Waals surface area (Å²) >= 11 is 7.90. The van der Waals surface area contributed by atoms with E-state index in [9.17, 15) is 14.3 Å². The maximum atomic E-state index is 13.8. The molecule has 7 nitrogen and oxygen atoms in total. The van der Waals surface area contributed by atoms with Gasteiger partial charge >= 0.3 is 5.97 Å². The van der Waals surface area contributed by atoms with Crippen LogP contribution < -0.4 is 5.32 Å². The van der Waals surface area contributed by atoms with Crippen LogP contribution in [0, 0.1) is 12.7 Å². The zero-order valence-electron chi connectivity index (χ0n) is 19.1. The molecule has 0 aliphatic carbocycles. The summed E-state index contributed by atoms with van der Waals surface area (Å²) in [5.41, 5.74) is 3.21. The van der Waals surface area contributed by atoms with E-state index in [4.69, 9.17) is 26.1 Å². The van der Waals surface area contributed by atoms with Crippen molar-refractivity contribution in [3.63, 3.8) is 0 Å². The van der Waals surface area contributed by atoms with Crippen LogP contribution in [0.25, 0.3) is 0 Å². The molecule has 1 fully saturated rings. The molecule has 0 spiro atoms. The van der Waals surface area contributed by atoms with Gasteiger partial charge < -0.3 is 19.9 Å². The lowest BCUT2D eigenvalue weighted by atomic mass is 9.94. The average Bonchev–Trinajstić information content (AvgIpc) is 3.20. The average molecular weight is 508 g/mol. The summed E-state index contributed by atoms with van der Waals surface area (Å²) in [7, 11) is 0. The van der Waals surface area contributed by atoms with Crippen LogP contribution in [0.3, 0.4) is 0 Å². The van der Waals surface area contributed by atoms with Gasteiger partial charge in [0.15, 0.2) is 0 Å². The van der Waals surface area contributed by atoms with Crippen molar-refractivity contribution in [2.75, 3.05) is 39.5 Å². The number of amidine groups is 1. The van der Waals surface area contributed by atoms with Crippen LogP contribution in [0.5, 0.6) is 0 Å². The molecule has 34 heavy (non-hydrogen) atoms. The van der Waals surface area contributed by atoms with Gasteiger partial charge in [0.2, 0.25) is 0 Å². The molecular formula is C24H27ClFN3O4S. The summed E-state index contributed by atoms with van der Waals surface area (Å²) in [4.78, 5) is 21.0. The molecule has 3 heterocycles. The van der Waals surface area contributed by atoms with Crippen molar-refractivity contribution in [1.29, 1.82) is 0 Å². The zero-order chi connectivity index (χ0) is 24.2. The molecule has 10 heteroatoms. The van der Waals surface area contributed by atoms with Gasteiger partial charge in [-0.1, -0.05) is 17.7 Å². The van der Waals surface area contributed by atoms with Crippen LogP contribution in [0.2, 0.25) is 5.02 Å². The van der Waals surface area contributed by atoms with Crippen molar-refractivity contribution >= 4 is 34.7 Å². The molecule has 0 saturated carbocycles. The van der Waals surface area contributed by atoms with Gasteiger partial charge in [-0.3, -0.25) is 9.89 Å². The van der Waals surface area contributed by atoms with Gasteiger partial charge in [0.05, 0.1) is 36.9 Å². The highest BCUT2D eigenvalue weighted by Crippen LogP contribution is 2.38. The maximum Gasteiger partial charge on any atom is 0.338 e. The SMILES string of the molecule is CCOC(=O)C1=C(CN2CCOCC2)NC(c2scc(C)c2CO)=NC1c1ccc(F)cc1Cl. The Kier molecular flexibility index (Phi) is 8.00. The van der Waals surface area contributed by atoms with Gasteiger partial charge in [0.1, 0.15) is 17.7 Å². The smallest absolute Gasteiger partial charge is 0.338 e. The number of hydrogen-bond donors (Lipinski definition) is 2. The number of carbonyl (C=O) groups excluding carboxylic acids is 1. The van der Waals surface area contributed by atoms with E-state index in [1.54, 1.807) is 13.0 Å². The van der Waals surface area contributed by atoms with Crippen LogP contribution in [-0.2, 0) is 20.9 Å². The number of benzene rings is 1. The Morgan fingerprint density at radius 3 is 2.85 bits per heavy atom. The minimum atomic E-state index is -0.798. The topological polar surface area (TPSA) is 83.4 Å². The van der Waals surface area contributed by atoms with Gasteiger partial charge in [-0.15, -0.1) is 11.3 Å². The number of carbonyl (C=O) groups is 1. The number of aliphatic imine (C=N–C) groups is 1. The van der Waals surface area contributed by atoms with Crippen molar-refractivity contribution in [2.45, 2.75) is 26.5 Å². The molecule has 1 atom stereocenters. The van der Waals surface area contributed by atoms with Crippen molar-refractivity contribution in [2.24, 2.45) is 4.99 Å². The predicted octanol–water partition coefficient (Wildman–Crippen LogP) is 3.58. The molecule has 2 aromatic rings. The molecule has 4 rings (SSSR count). The number of morpholine rings is 1. The van der Waals surface area contributed by atoms with Crippen LogP contribution >= 0.6 is 22.9 Å². The Morgan fingerprint density at radius 1 is 1.41 bits per heavy atom. The number of hydrogen-bond acceptors (Lipinski definition) is 8. The van der Waals surface area contributed by atoms with E-state index < -0.39 is 17.8 Å². The summed E-state index contributed by atoms with van der Waals surface area (Å²) in [5.74, 6) is -0.446. The lowest BCUT2D eigenvalue weighted by molar-refractivity contribution is -0.139. The molecule has 2 N–H and O–H groups in total. The normalized spacial score (nSPS) is 19.1. The van der Waals surface area contributed by atoms with E-state index in [0.717, 1.165) is 29.1 Å². The van der Waals surface area contributed by atoms with Crippen LogP contribution in [0.15, 0.2) is 39.8 Å². The van der Waals surface area contributed by atoms with Crippen molar-refractivity contribution in [3.05, 3.63) is 67.3 Å². The standard InChI is InChI=1S/C24H27ClFN3O4S/c1-3-33-24(31)20-19(11-29-6-8-32-9-7-29)27-23(22-17(12-30)14(2)13-34-22)28-21(20)16-5-4-15(26)10-18(16)25/h4-5,10,13,21,30H,3,6-9,11-12H2,1-2H3,(H,27,28). The van der Waals surface area contributed by atoms with Crippen LogP contribution in [0.1, 0.15) is 34.5 Å². The Bertz CT molecular complexity index is 1130. The number of rotatable bonds is 7. The fourth-order valence-corrected chi connectivity index (χ4v) is 5.37. The van der Waals surface area contributed by atoms with Crippen LogP contribution in [0.4, 0.5) is 4.39 Å². The summed E-state index contributed by atoms with van der Waals surface area (Å²) in [6.07, 6.45) is 0. The Balaban J connectivity index is 1.86. The van der Waals surface area contributed by atoms with Crippen molar-refractivity contribution < 1.29 is 23.8 Å². The first-order chi connectivity index (χ1) is 16.4. The van der Waals surface area contributed by atoms with Crippen molar-refractivity contribution in [1.82, 2.24) is 10.2 Å². The lowest BCUT2D eigenvalue weighted by Gasteiger charge is -2.32. The quantitative estimate of drug-likeness (QED) is 0.557. The molecule has 1 saturated heterocycles. The first-order valence-electron chi connectivity index (χ1n) is 11.1. The second-order valence-corrected chi connectivity index (χ2v) is 9.34. The third-order valence-corrected chi connectivity index (χ3v) is 7.31. The largest absolute Gasteiger partial charge is 0.463 e. The molecule has 1 unspecified atom stereocenters. The highest BCUT2D eigenvalue weighted by Gasteiger charge is 2.35. The highest BCUT2D eigenvalue weighted by atomic mass is 35.5. The van der Waals surface area contributed by atoms with Crippen LogP contribution in [-0.4, -0.2) is 61.3 Å². The molecule has 2 aliphatic rings. The summed E-state index contributed by atoms with van der Waals surface area (Å²) < 4.78 is 24.7. The number of thiophene rings is 1. The van der Waals surface area contributed by atoms with Gasteiger partial charge in [-0.05, 0) is 36.9 Å². The van der Waals surface area contributed by atoms with Crippen molar-refractivity contribution in [3.8, 4) is 0 Å². The first-order valence-corrected chi connectivity index (χ1v) is 12.4.